The summed E-state index contributed by atoms with van der Waals surface area (Å²) in [7, 11) is -3.41. The smallest absolute Gasteiger partial charge is 0.243 e. The highest BCUT2D eigenvalue weighted by Gasteiger charge is 2.26. The molecule has 1 aromatic heterocycles. The first-order chi connectivity index (χ1) is 16.0. The molecule has 1 aliphatic heterocycles. The van der Waals surface area contributed by atoms with Crippen LogP contribution in [0.1, 0.15) is 56.9 Å². The molecule has 1 aromatic carbocycles. The number of hydrogen-bond acceptors (Lipinski definition) is 5. The Morgan fingerprint density at radius 1 is 1.03 bits per heavy atom. The van der Waals surface area contributed by atoms with Gasteiger partial charge in [0.05, 0.1) is 11.5 Å². The molecule has 1 aliphatic carbocycles. The van der Waals surface area contributed by atoms with Crippen LogP contribution in [0.15, 0.2) is 47.5 Å². The molecule has 1 saturated heterocycles. The van der Waals surface area contributed by atoms with E-state index >= 15 is 0 Å². The molecule has 2 aromatic rings. The van der Waals surface area contributed by atoms with E-state index in [0.29, 0.717) is 48.5 Å². The van der Waals surface area contributed by atoms with Crippen molar-refractivity contribution in [2.24, 2.45) is 5.92 Å². The minimum Gasteiger partial charge on any atom is -0.489 e. The third kappa shape index (κ3) is 6.32. The SMILES string of the molecule is O=C(CCc1ccc(S(=O)(=O)N2CCCC2)cc1)Nc1ncccc1OCC1CCCCC1. The quantitative estimate of drug-likeness (QED) is 0.586. The van der Waals surface area contributed by atoms with E-state index in [1.165, 1.54) is 36.4 Å². The largest absolute Gasteiger partial charge is 0.489 e. The second-order valence-electron chi connectivity index (χ2n) is 8.97. The fraction of sp³-hybridized carbons (Fsp3) is 0.520. The summed E-state index contributed by atoms with van der Waals surface area (Å²) in [5, 5.41) is 2.86. The number of aryl methyl sites for hydroxylation is 1. The molecule has 4 rings (SSSR count). The number of ether oxygens (including phenoxy) is 1. The first-order valence-electron chi connectivity index (χ1n) is 12.0. The highest BCUT2D eigenvalue weighted by Crippen LogP contribution is 2.27. The van der Waals surface area contributed by atoms with Crippen molar-refractivity contribution in [2.75, 3.05) is 25.0 Å². The van der Waals surface area contributed by atoms with Crippen molar-refractivity contribution in [3.63, 3.8) is 0 Å². The second kappa shape index (κ2) is 11.1. The van der Waals surface area contributed by atoms with Gasteiger partial charge in [-0.1, -0.05) is 31.4 Å². The van der Waals surface area contributed by atoms with Gasteiger partial charge in [-0.05, 0) is 67.9 Å². The standard InChI is InChI=1S/C25H33N3O4S/c29-24(27-25-23(9-6-16-26-25)32-19-21-7-2-1-3-8-21)15-12-20-10-13-22(14-11-20)33(30,31)28-17-4-5-18-28/h6,9-11,13-14,16,21H,1-5,7-8,12,15,17-19H2,(H,26,27,29). The van der Waals surface area contributed by atoms with Gasteiger partial charge in [0, 0.05) is 25.7 Å². The van der Waals surface area contributed by atoms with Crippen LogP contribution in [0.25, 0.3) is 0 Å². The highest BCUT2D eigenvalue weighted by atomic mass is 32.2. The number of pyridine rings is 1. The Bertz CT molecular complexity index is 1030. The molecule has 1 amide bonds. The van der Waals surface area contributed by atoms with Gasteiger partial charge in [0.25, 0.3) is 0 Å². The van der Waals surface area contributed by atoms with Crippen LogP contribution < -0.4 is 10.1 Å². The lowest BCUT2D eigenvalue weighted by Crippen LogP contribution is -2.27. The highest BCUT2D eigenvalue weighted by molar-refractivity contribution is 7.89. The number of amides is 1. The molecule has 0 bridgehead atoms. The van der Waals surface area contributed by atoms with E-state index in [9.17, 15) is 13.2 Å². The van der Waals surface area contributed by atoms with Gasteiger partial charge in [-0.2, -0.15) is 4.31 Å². The van der Waals surface area contributed by atoms with E-state index in [1.54, 1.807) is 30.5 Å². The Hall–Kier alpha value is -2.45. The Morgan fingerprint density at radius 3 is 2.48 bits per heavy atom. The first-order valence-corrected chi connectivity index (χ1v) is 13.4. The maximum absolute atomic E-state index is 12.6. The molecule has 178 valence electrons. The minimum absolute atomic E-state index is 0.148. The molecule has 1 saturated carbocycles. The van der Waals surface area contributed by atoms with Gasteiger partial charge in [0.1, 0.15) is 0 Å². The number of sulfonamides is 1. The van der Waals surface area contributed by atoms with Crippen LogP contribution in [0.2, 0.25) is 0 Å². The first kappa shape index (κ1) is 23.7. The summed E-state index contributed by atoms with van der Waals surface area (Å²) in [5.74, 6) is 1.48. The molecule has 0 atom stereocenters. The number of carbonyl (C=O) groups excluding carboxylic acids is 1. The van der Waals surface area contributed by atoms with Gasteiger partial charge >= 0.3 is 0 Å². The summed E-state index contributed by atoms with van der Waals surface area (Å²) < 4.78 is 32.8. The average Bonchev–Trinajstić information content (AvgIpc) is 3.39. The molecular formula is C25H33N3O4S. The number of aromatic nitrogens is 1. The van der Waals surface area contributed by atoms with Gasteiger partial charge < -0.3 is 10.1 Å². The van der Waals surface area contributed by atoms with Gasteiger partial charge in [-0.3, -0.25) is 4.79 Å². The van der Waals surface area contributed by atoms with Crippen molar-refractivity contribution in [3.05, 3.63) is 48.2 Å². The van der Waals surface area contributed by atoms with Crippen molar-refractivity contribution < 1.29 is 17.9 Å². The van der Waals surface area contributed by atoms with E-state index < -0.39 is 10.0 Å². The van der Waals surface area contributed by atoms with E-state index in [1.807, 2.05) is 12.1 Å². The maximum atomic E-state index is 12.6. The molecule has 33 heavy (non-hydrogen) atoms. The van der Waals surface area contributed by atoms with Crippen molar-refractivity contribution in [1.82, 2.24) is 9.29 Å². The van der Waals surface area contributed by atoms with Crippen LogP contribution in [0.3, 0.4) is 0 Å². The van der Waals surface area contributed by atoms with E-state index in [2.05, 4.69) is 10.3 Å². The number of nitrogens with one attached hydrogen (secondary N) is 1. The summed E-state index contributed by atoms with van der Waals surface area (Å²) in [6.07, 6.45) is 10.5. The molecule has 1 N–H and O–H groups in total. The zero-order valence-corrected chi connectivity index (χ0v) is 19.9. The summed E-state index contributed by atoms with van der Waals surface area (Å²) in [5.41, 5.74) is 0.917. The Morgan fingerprint density at radius 2 is 1.76 bits per heavy atom. The number of hydrogen-bond donors (Lipinski definition) is 1. The number of benzene rings is 1. The third-order valence-corrected chi connectivity index (χ3v) is 8.41. The normalized spacial score (nSPS) is 17.7. The van der Waals surface area contributed by atoms with Crippen molar-refractivity contribution in [2.45, 2.75) is 62.7 Å². The molecule has 0 spiro atoms. The Balaban J connectivity index is 1.29. The third-order valence-electron chi connectivity index (χ3n) is 6.49. The molecule has 0 radical (unpaired) electrons. The predicted octanol–water partition coefficient (Wildman–Crippen LogP) is 4.40. The fourth-order valence-electron chi connectivity index (χ4n) is 4.52. The van der Waals surface area contributed by atoms with E-state index in [-0.39, 0.29) is 12.3 Å². The van der Waals surface area contributed by atoms with Gasteiger partial charge in [0.15, 0.2) is 11.6 Å². The van der Waals surface area contributed by atoms with Crippen LogP contribution in [-0.2, 0) is 21.2 Å². The zero-order chi connectivity index (χ0) is 23.1. The lowest BCUT2D eigenvalue weighted by molar-refractivity contribution is -0.116. The van der Waals surface area contributed by atoms with Crippen molar-refractivity contribution in [3.8, 4) is 5.75 Å². The van der Waals surface area contributed by atoms with Crippen LogP contribution >= 0.6 is 0 Å². The molecule has 0 unspecified atom stereocenters. The lowest BCUT2D eigenvalue weighted by Gasteiger charge is -2.22. The van der Waals surface area contributed by atoms with Crippen LogP contribution in [0.4, 0.5) is 5.82 Å². The van der Waals surface area contributed by atoms with E-state index in [0.717, 1.165) is 18.4 Å². The minimum atomic E-state index is -3.41. The molecular weight excluding hydrogens is 438 g/mol. The van der Waals surface area contributed by atoms with E-state index in [4.69, 9.17) is 4.74 Å². The zero-order valence-electron chi connectivity index (χ0n) is 19.0. The number of anilines is 1. The molecule has 2 fully saturated rings. The lowest BCUT2D eigenvalue weighted by atomic mass is 9.90. The molecule has 2 heterocycles. The van der Waals surface area contributed by atoms with Crippen LogP contribution in [0, 0.1) is 5.92 Å². The van der Waals surface area contributed by atoms with Crippen LogP contribution in [-0.4, -0.2) is 43.3 Å². The number of nitrogens with zero attached hydrogens (tertiary/aromatic N) is 2. The van der Waals surface area contributed by atoms with Gasteiger partial charge in [-0.15, -0.1) is 0 Å². The maximum Gasteiger partial charge on any atom is 0.243 e. The number of rotatable bonds is 9. The van der Waals surface area contributed by atoms with Crippen molar-refractivity contribution in [1.29, 1.82) is 0 Å². The summed E-state index contributed by atoms with van der Waals surface area (Å²) in [6, 6.07) is 10.5. The van der Waals surface area contributed by atoms with Gasteiger partial charge in [0.2, 0.25) is 15.9 Å². The predicted molar refractivity (Wildman–Crippen MR) is 128 cm³/mol. The Labute approximate surface area is 196 Å². The fourth-order valence-corrected chi connectivity index (χ4v) is 6.04. The second-order valence-corrected chi connectivity index (χ2v) is 10.9. The summed E-state index contributed by atoms with van der Waals surface area (Å²) >= 11 is 0. The van der Waals surface area contributed by atoms with Gasteiger partial charge in [-0.25, -0.2) is 13.4 Å². The summed E-state index contributed by atoms with van der Waals surface area (Å²) in [4.78, 5) is 17.1. The monoisotopic (exact) mass is 471 g/mol. The molecule has 8 heteroatoms. The number of carbonyl (C=O) groups is 1. The molecule has 7 nitrogen and oxygen atoms in total. The Kier molecular flexibility index (Phi) is 7.98. The summed E-state index contributed by atoms with van der Waals surface area (Å²) in [6.45, 7) is 1.83. The van der Waals surface area contributed by atoms with Crippen molar-refractivity contribution >= 4 is 21.7 Å². The molecule has 2 aliphatic rings. The van der Waals surface area contributed by atoms with Crippen LogP contribution in [0.5, 0.6) is 5.75 Å². The topological polar surface area (TPSA) is 88.6 Å². The average molecular weight is 472 g/mol.